The van der Waals surface area contributed by atoms with Crippen LogP contribution in [0, 0.1) is 0 Å². The van der Waals surface area contributed by atoms with Crippen LogP contribution in [0.1, 0.15) is 10.4 Å². The van der Waals surface area contributed by atoms with E-state index in [2.05, 4.69) is 14.8 Å². The number of aromatic nitrogens is 3. The van der Waals surface area contributed by atoms with Gasteiger partial charge in [0, 0.05) is 18.9 Å². The number of nitrogens with zero attached hydrogens (tertiary/aromatic N) is 4. The molecule has 2 aromatic heterocycles. The molecule has 0 bridgehead atoms. The minimum atomic E-state index is -0.743. The summed E-state index contributed by atoms with van der Waals surface area (Å²) in [7, 11) is 1.30. The fourth-order valence-electron chi connectivity index (χ4n) is 2.28. The van der Waals surface area contributed by atoms with Gasteiger partial charge < -0.3 is 14.4 Å². The van der Waals surface area contributed by atoms with Gasteiger partial charge in [0.1, 0.15) is 0 Å². The molecule has 1 unspecified atom stereocenters. The van der Waals surface area contributed by atoms with Crippen molar-refractivity contribution >= 4 is 17.4 Å². The molecule has 1 atom stereocenters. The third kappa shape index (κ3) is 2.45. The van der Waals surface area contributed by atoms with Crippen molar-refractivity contribution in [3.8, 4) is 0 Å². The monoisotopic (exact) mass is 290 g/mol. The van der Waals surface area contributed by atoms with Crippen LogP contribution in [-0.4, -0.2) is 64.3 Å². The van der Waals surface area contributed by atoms with Crippen LogP contribution in [0.25, 0.3) is 5.52 Å². The van der Waals surface area contributed by atoms with Crippen LogP contribution < -0.4 is 0 Å². The molecular formula is C13H14N4O4. The minimum absolute atomic E-state index is 0.170. The smallest absolute Gasteiger partial charge is 0.336 e. The Morgan fingerprint density at radius 1 is 1.43 bits per heavy atom. The number of carbonyl (C=O) groups is 2. The molecule has 2 aromatic rings. The Bertz CT molecular complexity index is 684. The van der Waals surface area contributed by atoms with Crippen molar-refractivity contribution in [3.05, 3.63) is 30.4 Å². The highest BCUT2D eigenvalue weighted by atomic mass is 16.6. The number of hydrogen-bond acceptors (Lipinski definition) is 6. The fraction of sp³-hybridized carbons (Fsp3) is 0.385. The molecule has 110 valence electrons. The molecule has 0 aliphatic carbocycles. The number of ether oxygens (including phenoxy) is 2. The van der Waals surface area contributed by atoms with Gasteiger partial charge in [-0.25, -0.2) is 9.31 Å². The third-order valence-corrected chi connectivity index (χ3v) is 3.37. The molecule has 0 aromatic carbocycles. The van der Waals surface area contributed by atoms with E-state index in [0.29, 0.717) is 24.2 Å². The molecule has 3 rings (SSSR count). The molecule has 1 aliphatic heterocycles. The lowest BCUT2D eigenvalue weighted by atomic mass is 10.2. The van der Waals surface area contributed by atoms with Gasteiger partial charge >= 0.3 is 5.97 Å². The molecule has 0 N–H and O–H groups in total. The lowest BCUT2D eigenvalue weighted by Gasteiger charge is -2.31. The number of carbonyl (C=O) groups excluding carboxylic acids is 2. The van der Waals surface area contributed by atoms with Gasteiger partial charge in [-0.1, -0.05) is 0 Å². The van der Waals surface area contributed by atoms with E-state index >= 15 is 0 Å². The lowest BCUT2D eigenvalue weighted by Crippen LogP contribution is -2.48. The largest absolute Gasteiger partial charge is 0.467 e. The van der Waals surface area contributed by atoms with Crippen LogP contribution in [0.5, 0.6) is 0 Å². The second-order valence-electron chi connectivity index (χ2n) is 4.60. The summed E-state index contributed by atoms with van der Waals surface area (Å²) in [5, 5.41) is 4.11. The highest BCUT2D eigenvalue weighted by Crippen LogP contribution is 2.15. The van der Waals surface area contributed by atoms with Gasteiger partial charge in [-0.15, -0.1) is 0 Å². The SMILES string of the molecule is COC(=O)C1CN(C(=O)c2cnn3ccncc23)CCO1. The van der Waals surface area contributed by atoms with Gasteiger partial charge in [0.25, 0.3) is 5.91 Å². The third-order valence-electron chi connectivity index (χ3n) is 3.37. The number of methoxy groups -OCH3 is 1. The first-order chi connectivity index (χ1) is 10.2. The van der Waals surface area contributed by atoms with E-state index in [1.165, 1.54) is 13.3 Å². The maximum absolute atomic E-state index is 12.6. The summed E-state index contributed by atoms with van der Waals surface area (Å²) in [5.41, 5.74) is 1.08. The summed E-state index contributed by atoms with van der Waals surface area (Å²) < 4.78 is 11.5. The first-order valence-corrected chi connectivity index (χ1v) is 6.47. The zero-order valence-electron chi connectivity index (χ0n) is 11.4. The summed E-state index contributed by atoms with van der Waals surface area (Å²) >= 11 is 0. The second kappa shape index (κ2) is 5.49. The summed E-state index contributed by atoms with van der Waals surface area (Å²) in [6, 6.07) is 0. The highest BCUT2D eigenvalue weighted by molar-refractivity contribution is 6.00. The van der Waals surface area contributed by atoms with Crippen LogP contribution in [-0.2, 0) is 14.3 Å². The van der Waals surface area contributed by atoms with Crippen molar-refractivity contribution < 1.29 is 19.1 Å². The Hall–Kier alpha value is -2.48. The topological polar surface area (TPSA) is 86.0 Å². The summed E-state index contributed by atoms with van der Waals surface area (Å²) in [5.74, 6) is -0.677. The van der Waals surface area contributed by atoms with E-state index in [9.17, 15) is 9.59 Å². The van der Waals surface area contributed by atoms with Crippen molar-refractivity contribution in [2.75, 3.05) is 26.8 Å². The number of esters is 1. The quantitative estimate of drug-likeness (QED) is 0.709. The molecule has 1 aliphatic rings. The van der Waals surface area contributed by atoms with Crippen molar-refractivity contribution in [1.29, 1.82) is 0 Å². The van der Waals surface area contributed by atoms with Crippen LogP contribution in [0.3, 0.4) is 0 Å². The number of rotatable bonds is 2. The number of morpholine rings is 1. The molecule has 0 spiro atoms. The summed E-state index contributed by atoms with van der Waals surface area (Å²) in [4.78, 5) is 29.7. The van der Waals surface area contributed by atoms with E-state index in [0.717, 1.165) is 0 Å². The molecule has 1 saturated heterocycles. The highest BCUT2D eigenvalue weighted by Gasteiger charge is 2.31. The average Bonchev–Trinajstić information content (AvgIpc) is 2.97. The molecule has 8 heteroatoms. The number of hydrogen-bond donors (Lipinski definition) is 0. The summed E-state index contributed by atoms with van der Waals surface area (Å²) in [6.07, 6.45) is 5.60. The van der Waals surface area contributed by atoms with Gasteiger partial charge in [-0.3, -0.25) is 9.78 Å². The predicted molar refractivity (Wildman–Crippen MR) is 70.6 cm³/mol. The molecule has 1 amide bonds. The van der Waals surface area contributed by atoms with Crippen molar-refractivity contribution in [2.45, 2.75) is 6.10 Å². The van der Waals surface area contributed by atoms with Gasteiger partial charge in [-0.05, 0) is 0 Å². The first-order valence-electron chi connectivity index (χ1n) is 6.47. The normalized spacial score (nSPS) is 18.7. The number of amides is 1. The molecule has 21 heavy (non-hydrogen) atoms. The fourth-order valence-corrected chi connectivity index (χ4v) is 2.28. The number of fused-ring (bicyclic) bond motifs is 1. The van der Waals surface area contributed by atoms with Crippen LogP contribution >= 0.6 is 0 Å². The van der Waals surface area contributed by atoms with E-state index in [1.54, 1.807) is 28.0 Å². The molecule has 1 fully saturated rings. The van der Waals surface area contributed by atoms with Crippen molar-refractivity contribution in [2.24, 2.45) is 0 Å². The Morgan fingerprint density at radius 2 is 2.29 bits per heavy atom. The predicted octanol–water partition coefficient (Wildman–Crippen LogP) is -0.257. The van der Waals surface area contributed by atoms with Crippen LogP contribution in [0.4, 0.5) is 0 Å². The van der Waals surface area contributed by atoms with Gasteiger partial charge in [-0.2, -0.15) is 5.10 Å². The summed E-state index contributed by atoms with van der Waals surface area (Å²) in [6.45, 7) is 0.885. The maximum atomic E-state index is 12.6. The van der Waals surface area contributed by atoms with Gasteiger partial charge in [0.05, 0.1) is 43.7 Å². The van der Waals surface area contributed by atoms with E-state index < -0.39 is 12.1 Å². The van der Waals surface area contributed by atoms with Crippen molar-refractivity contribution in [3.63, 3.8) is 0 Å². The zero-order chi connectivity index (χ0) is 14.8. The Kier molecular flexibility index (Phi) is 3.53. The minimum Gasteiger partial charge on any atom is -0.467 e. The molecule has 0 radical (unpaired) electrons. The van der Waals surface area contributed by atoms with E-state index in [1.807, 2.05) is 0 Å². The maximum Gasteiger partial charge on any atom is 0.336 e. The molecular weight excluding hydrogens is 276 g/mol. The van der Waals surface area contributed by atoms with Crippen molar-refractivity contribution in [1.82, 2.24) is 19.5 Å². The van der Waals surface area contributed by atoms with E-state index in [4.69, 9.17) is 4.74 Å². The van der Waals surface area contributed by atoms with Gasteiger partial charge in [0.2, 0.25) is 0 Å². The lowest BCUT2D eigenvalue weighted by molar-refractivity contribution is -0.158. The van der Waals surface area contributed by atoms with Crippen LogP contribution in [0.2, 0.25) is 0 Å². The molecule has 8 nitrogen and oxygen atoms in total. The molecule has 0 saturated carbocycles. The Morgan fingerprint density at radius 3 is 3.10 bits per heavy atom. The zero-order valence-corrected chi connectivity index (χ0v) is 11.4. The average molecular weight is 290 g/mol. The van der Waals surface area contributed by atoms with E-state index in [-0.39, 0.29) is 12.5 Å². The van der Waals surface area contributed by atoms with Gasteiger partial charge in [0.15, 0.2) is 6.10 Å². The Balaban J connectivity index is 1.83. The van der Waals surface area contributed by atoms with Crippen LogP contribution in [0.15, 0.2) is 24.8 Å². The molecule has 3 heterocycles. The Labute approximate surface area is 120 Å². The second-order valence-corrected chi connectivity index (χ2v) is 4.60. The first kappa shape index (κ1) is 13.5. The standard InChI is InChI=1S/C13H14N4O4/c1-20-13(19)11-8-16(4-5-21-11)12(18)9-6-15-17-3-2-14-7-10(9)17/h2-3,6-7,11H,4-5,8H2,1H3.